The van der Waals surface area contributed by atoms with Crippen molar-refractivity contribution < 1.29 is 0 Å². The standard InChI is InChI=1S/C18H26N4/c1-13-5-6-15-16(11-13)18(20-12-17(15)19-2)22(4)14-7-9-21(3)10-8-14/h5-6,11-12,14,19H,7-10H2,1-4H3. The van der Waals surface area contributed by atoms with Crippen LogP contribution in [0, 0.1) is 6.92 Å². The third-order valence-electron chi connectivity index (χ3n) is 4.86. The van der Waals surface area contributed by atoms with E-state index in [1.54, 1.807) is 0 Å². The van der Waals surface area contributed by atoms with Gasteiger partial charge < -0.3 is 15.1 Å². The monoisotopic (exact) mass is 298 g/mol. The lowest BCUT2D eigenvalue weighted by atomic mass is 10.0. The quantitative estimate of drug-likeness (QED) is 0.943. The van der Waals surface area contributed by atoms with Crippen LogP contribution in [0.3, 0.4) is 0 Å². The molecule has 0 amide bonds. The molecule has 3 rings (SSSR count). The number of pyridine rings is 1. The summed E-state index contributed by atoms with van der Waals surface area (Å²) in [5, 5.41) is 5.75. The van der Waals surface area contributed by atoms with E-state index in [1.807, 2.05) is 13.2 Å². The predicted octanol–water partition coefficient (Wildman–Crippen LogP) is 3.12. The maximum absolute atomic E-state index is 4.76. The van der Waals surface area contributed by atoms with Gasteiger partial charge in [-0.05, 0) is 46.0 Å². The van der Waals surface area contributed by atoms with Gasteiger partial charge in [-0.25, -0.2) is 4.98 Å². The molecular formula is C18H26N4. The van der Waals surface area contributed by atoms with Crippen molar-refractivity contribution in [2.75, 3.05) is 44.4 Å². The number of rotatable bonds is 3. The van der Waals surface area contributed by atoms with E-state index in [2.05, 4.69) is 54.3 Å². The number of hydrogen-bond donors (Lipinski definition) is 1. The summed E-state index contributed by atoms with van der Waals surface area (Å²) in [5.74, 6) is 1.10. The van der Waals surface area contributed by atoms with Crippen LogP contribution in [0.4, 0.5) is 11.5 Å². The number of benzene rings is 1. The van der Waals surface area contributed by atoms with Crippen molar-refractivity contribution in [1.82, 2.24) is 9.88 Å². The molecule has 1 saturated heterocycles. The third-order valence-corrected chi connectivity index (χ3v) is 4.86. The highest BCUT2D eigenvalue weighted by Crippen LogP contribution is 2.32. The number of aryl methyl sites for hydroxylation is 1. The van der Waals surface area contributed by atoms with Crippen LogP contribution in [0.2, 0.25) is 0 Å². The minimum absolute atomic E-state index is 0.577. The molecule has 1 fully saturated rings. The average Bonchev–Trinajstić information content (AvgIpc) is 2.53. The zero-order chi connectivity index (χ0) is 15.7. The molecule has 2 aromatic rings. The van der Waals surface area contributed by atoms with Gasteiger partial charge in [0, 0.05) is 30.9 Å². The van der Waals surface area contributed by atoms with Crippen LogP contribution in [0.5, 0.6) is 0 Å². The molecule has 0 saturated carbocycles. The first-order valence-corrected chi connectivity index (χ1v) is 8.08. The number of piperidine rings is 1. The maximum Gasteiger partial charge on any atom is 0.136 e. The Labute approximate surface area is 133 Å². The topological polar surface area (TPSA) is 31.4 Å². The van der Waals surface area contributed by atoms with Gasteiger partial charge in [-0.1, -0.05) is 17.7 Å². The highest BCUT2D eigenvalue weighted by molar-refractivity contribution is 6.00. The lowest BCUT2D eigenvalue weighted by Gasteiger charge is -2.36. The summed E-state index contributed by atoms with van der Waals surface area (Å²) in [6.45, 7) is 4.48. The van der Waals surface area contributed by atoms with Crippen molar-refractivity contribution in [1.29, 1.82) is 0 Å². The van der Waals surface area contributed by atoms with Crippen LogP contribution < -0.4 is 10.2 Å². The number of fused-ring (bicyclic) bond motifs is 1. The number of hydrogen-bond acceptors (Lipinski definition) is 4. The predicted molar refractivity (Wildman–Crippen MR) is 94.9 cm³/mol. The summed E-state index contributed by atoms with van der Waals surface area (Å²) in [7, 11) is 6.35. The third kappa shape index (κ3) is 2.75. The lowest BCUT2D eigenvalue weighted by Crippen LogP contribution is -2.42. The van der Waals surface area contributed by atoms with E-state index in [1.165, 1.54) is 42.3 Å². The number of anilines is 2. The second-order valence-corrected chi connectivity index (χ2v) is 6.44. The minimum atomic E-state index is 0.577. The van der Waals surface area contributed by atoms with Gasteiger partial charge in [0.15, 0.2) is 0 Å². The molecule has 1 N–H and O–H groups in total. The molecule has 0 spiro atoms. The molecule has 0 unspecified atom stereocenters. The molecular weight excluding hydrogens is 272 g/mol. The molecule has 4 nitrogen and oxygen atoms in total. The molecule has 1 aliphatic rings. The van der Waals surface area contributed by atoms with Gasteiger partial charge in [0.25, 0.3) is 0 Å². The van der Waals surface area contributed by atoms with Gasteiger partial charge in [-0.2, -0.15) is 0 Å². The van der Waals surface area contributed by atoms with Gasteiger partial charge >= 0.3 is 0 Å². The van der Waals surface area contributed by atoms with E-state index >= 15 is 0 Å². The van der Waals surface area contributed by atoms with E-state index < -0.39 is 0 Å². The fourth-order valence-corrected chi connectivity index (χ4v) is 3.38. The summed E-state index contributed by atoms with van der Waals surface area (Å²) in [4.78, 5) is 9.55. The molecule has 1 aliphatic heterocycles. The zero-order valence-electron chi connectivity index (χ0n) is 14.1. The van der Waals surface area contributed by atoms with Crippen molar-refractivity contribution >= 4 is 22.3 Å². The second kappa shape index (κ2) is 6.13. The minimum Gasteiger partial charge on any atom is -0.386 e. The number of nitrogens with one attached hydrogen (secondary N) is 1. The van der Waals surface area contributed by atoms with Crippen molar-refractivity contribution in [2.24, 2.45) is 0 Å². The summed E-state index contributed by atoms with van der Waals surface area (Å²) < 4.78 is 0. The highest BCUT2D eigenvalue weighted by Gasteiger charge is 2.23. The Balaban J connectivity index is 2.01. The smallest absolute Gasteiger partial charge is 0.136 e. The van der Waals surface area contributed by atoms with E-state index in [0.29, 0.717) is 6.04 Å². The highest BCUT2D eigenvalue weighted by atomic mass is 15.2. The molecule has 118 valence electrons. The largest absolute Gasteiger partial charge is 0.386 e. The van der Waals surface area contributed by atoms with Gasteiger partial charge in [0.2, 0.25) is 0 Å². The fourth-order valence-electron chi connectivity index (χ4n) is 3.38. The number of aromatic nitrogens is 1. The van der Waals surface area contributed by atoms with Crippen LogP contribution in [0.25, 0.3) is 10.8 Å². The maximum atomic E-state index is 4.76. The van der Waals surface area contributed by atoms with Gasteiger partial charge in [-0.3, -0.25) is 0 Å². The summed E-state index contributed by atoms with van der Waals surface area (Å²) in [5.41, 5.74) is 2.37. The molecule has 0 bridgehead atoms. The summed E-state index contributed by atoms with van der Waals surface area (Å²) >= 11 is 0. The summed E-state index contributed by atoms with van der Waals surface area (Å²) in [6, 6.07) is 7.20. The van der Waals surface area contributed by atoms with Crippen molar-refractivity contribution in [3.8, 4) is 0 Å². The molecule has 1 aromatic heterocycles. The van der Waals surface area contributed by atoms with Gasteiger partial charge in [0.1, 0.15) is 5.82 Å². The van der Waals surface area contributed by atoms with Crippen LogP contribution >= 0.6 is 0 Å². The molecule has 22 heavy (non-hydrogen) atoms. The van der Waals surface area contributed by atoms with Gasteiger partial charge in [-0.15, -0.1) is 0 Å². The van der Waals surface area contributed by atoms with E-state index in [-0.39, 0.29) is 0 Å². The van der Waals surface area contributed by atoms with Crippen LogP contribution in [-0.2, 0) is 0 Å². The van der Waals surface area contributed by atoms with E-state index in [9.17, 15) is 0 Å². The first kappa shape index (κ1) is 15.1. The Morgan fingerprint density at radius 3 is 2.64 bits per heavy atom. The van der Waals surface area contributed by atoms with Crippen LogP contribution in [0.1, 0.15) is 18.4 Å². The van der Waals surface area contributed by atoms with E-state index in [0.717, 1.165) is 11.5 Å². The van der Waals surface area contributed by atoms with Crippen molar-refractivity contribution in [3.63, 3.8) is 0 Å². The van der Waals surface area contributed by atoms with Crippen molar-refractivity contribution in [3.05, 3.63) is 30.0 Å². The second-order valence-electron chi connectivity index (χ2n) is 6.44. The zero-order valence-corrected chi connectivity index (χ0v) is 14.1. The summed E-state index contributed by atoms with van der Waals surface area (Å²) in [6.07, 6.45) is 4.37. The van der Waals surface area contributed by atoms with Crippen molar-refractivity contribution in [2.45, 2.75) is 25.8 Å². The Bertz CT molecular complexity index is 659. The molecule has 0 aliphatic carbocycles. The van der Waals surface area contributed by atoms with Crippen LogP contribution in [0.15, 0.2) is 24.4 Å². The Morgan fingerprint density at radius 1 is 1.23 bits per heavy atom. The molecule has 0 radical (unpaired) electrons. The Hall–Kier alpha value is -1.81. The Morgan fingerprint density at radius 2 is 1.95 bits per heavy atom. The average molecular weight is 298 g/mol. The van der Waals surface area contributed by atoms with Crippen LogP contribution in [-0.4, -0.2) is 50.2 Å². The lowest BCUT2D eigenvalue weighted by molar-refractivity contribution is 0.252. The number of likely N-dealkylation sites (tertiary alicyclic amines) is 1. The molecule has 1 aromatic carbocycles. The Kier molecular flexibility index (Phi) is 4.21. The van der Waals surface area contributed by atoms with E-state index in [4.69, 9.17) is 4.98 Å². The normalized spacial score (nSPS) is 16.9. The molecule has 4 heteroatoms. The molecule has 0 atom stereocenters. The molecule has 2 heterocycles. The van der Waals surface area contributed by atoms with Gasteiger partial charge in [0.05, 0.1) is 11.9 Å². The first-order valence-electron chi connectivity index (χ1n) is 8.08. The SMILES string of the molecule is CNc1cnc(N(C)C2CCN(C)CC2)c2cc(C)ccc12. The first-order chi connectivity index (χ1) is 10.6. The number of nitrogens with zero attached hydrogens (tertiary/aromatic N) is 3. The fraction of sp³-hybridized carbons (Fsp3) is 0.500.